The van der Waals surface area contributed by atoms with Gasteiger partial charge in [-0.1, -0.05) is 44.5 Å². The van der Waals surface area contributed by atoms with Crippen molar-refractivity contribution < 1.29 is 23.7 Å². The number of pyridine rings is 1. The molecule has 0 radical (unpaired) electrons. The number of carbonyl (C=O) groups is 1. The Labute approximate surface area is 281 Å². The van der Waals surface area contributed by atoms with Crippen molar-refractivity contribution in [1.29, 1.82) is 0 Å². The van der Waals surface area contributed by atoms with Crippen molar-refractivity contribution in [2.24, 2.45) is 5.41 Å². The molecule has 1 aliphatic carbocycles. The van der Waals surface area contributed by atoms with Gasteiger partial charge in [-0.05, 0) is 86.9 Å². The molecule has 0 atom stereocenters. The fraction of sp³-hybridized carbons (Fsp3) is 0.538. The van der Waals surface area contributed by atoms with Gasteiger partial charge < -0.3 is 29.2 Å². The van der Waals surface area contributed by atoms with Crippen molar-refractivity contribution >= 4 is 17.3 Å². The number of unbranched alkanes of at least 4 members (excludes halogenated alkanes) is 1. The van der Waals surface area contributed by atoms with Crippen molar-refractivity contribution in [3.8, 4) is 11.5 Å². The van der Waals surface area contributed by atoms with Gasteiger partial charge in [0.05, 0.1) is 27.4 Å². The molecule has 2 aromatic carbocycles. The van der Waals surface area contributed by atoms with Gasteiger partial charge in [0.25, 0.3) is 0 Å². The van der Waals surface area contributed by atoms with Gasteiger partial charge >= 0.3 is 0 Å². The average molecular weight is 644 g/mol. The number of Topliss-reactive ketones (excluding diaryl/α,β-unsaturated/α-hetero) is 1. The maximum absolute atomic E-state index is 13.6. The fourth-order valence-corrected chi connectivity index (χ4v) is 6.36. The molecule has 2 aliphatic rings. The summed E-state index contributed by atoms with van der Waals surface area (Å²) in [7, 11) is 3.37. The standard InChI is InChI=1S/C39H53N3O5/c1-7-8-11-30(43)22-34-36(40-25-39(4)26-46-38(2,3)47-27-39)33-12-9-10-13-35(33)41-37(34)42(23-28-14-18-31(44-5)19-15-28)24-29-16-20-32(45-6)21-17-29/h14-21H,7-13,22-27H2,1-6H3,(H,40,41). The maximum atomic E-state index is 13.6. The van der Waals surface area contributed by atoms with Gasteiger partial charge in [-0.3, -0.25) is 4.79 Å². The SMILES string of the molecule is CCCCC(=O)Cc1c(N(Cc2ccc(OC)cc2)Cc2ccc(OC)cc2)nc2c(c1NCC1(C)COC(C)(C)OC1)CCCC2. The highest BCUT2D eigenvalue weighted by Crippen LogP contribution is 2.39. The van der Waals surface area contributed by atoms with Gasteiger partial charge in [-0.25, -0.2) is 4.98 Å². The number of nitrogens with zero attached hydrogens (tertiary/aromatic N) is 2. The van der Waals surface area contributed by atoms with E-state index in [0.29, 0.717) is 45.7 Å². The highest BCUT2D eigenvalue weighted by Gasteiger charge is 2.37. The van der Waals surface area contributed by atoms with Crippen LogP contribution in [0.4, 0.5) is 11.5 Å². The molecule has 1 aliphatic heterocycles. The number of carbonyl (C=O) groups excluding carboxylic acids is 1. The molecule has 0 saturated carbocycles. The Hall–Kier alpha value is -3.62. The van der Waals surface area contributed by atoms with Crippen LogP contribution in [0.15, 0.2) is 48.5 Å². The molecule has 1 saturated heterocycles. The van der Waals surface area contributed by atoms with Crippen LogP contribution in [-0.4, -0.2) is 50.5 Å². The zero-order valence-corrected chi connectivity index (χ0v) is 29.2. The van der Waals surface area contributed by atoms with E-state index in [2.05, 4.69) is 48.3 Å². The maximum Gasteiger partial charge on any atom is 0.162 e. The molecule has 47 heavy (non-hydrogen) atoms. The van der Waals surface area contributed by atoms with Crippen molar-refractivity contribution in [2.75, 3.05) is 44.2 Å². The lowest BCUT2D eigenvalue weighted by atomic mass is 9.88. The number of aryl methyl sites for hydroxylation is 1. The summed E-state index contributed by atoms with van der Waals surface area (Å²) in [5.41, 5.74) is 6.54. The van der Waals surface area contributed by atoms with E-state index in [1.807, 2.05) is 38.1 Å². The Kier molecular flexibility index (Phi) is 11.5. The summed E-state index contributed by atoms with van der Waals surface area (Å²) >= 11 is 0. The van der Waals surface area contributed by atoms with Crippen LogP contribution in [-0.2, 0) is 46.6 Å². The van der Waals surface area contributed by atoms with Crippen LogP contribution in [0.1, 0.15) is 87.7 Å². The average Bonchev–Trinajstić information content (AvgIpc) is 3.08. The number of rotatable bonds is 15. The van der Waals surface area contributed by atoms with Gasteiger partial charge in [0.15, 0.2) is 5.79 Å². The Morgan fingerprint density at radius 2 is 1.47 bits per heavy atom. The minimum atomic E-state index is -0.581. The molecule has 3 aromatic rings. The summed E-state index contributed by atoms with van der Waals surface area (Å²) in [6.07, 6.45) is 6.89. The molecule has 0 spiro atoms. The highest BCUT2D eigenvalue weighted by atomic mass is 16.7. The van der Waals surface area contributed by atoms with Crippen LogP contribution in [0, 0.1) is 5.41 Å². The number of nitrogens with one attached hydrogen (secondary N) is 1. The minimum absolute atomic E-state index is 0.212. The molecule has 254 valence electrons. The van der Waals surface area contributed by atoms with E-state index in [0.717, 1.165) is 83.9 Å². The fourth-order valence-electron chi connectivity index (χ4n) is 6.36. The number of hydrogen-bond acceptors (Lipinski definition) is 8. The van der Waals surface area contributed by atoms with Crippen LogP contribution >= 0.6 is 0 Å². The lowest BCUT2D eigenvalue weighted by molar-refractivity contribution is -0.279. The van der Waals surface area contributed by atoms with Crippen LogP contribution in [0.5, 0.6) is 11.5 Å². The predicted octanol–water partition coefficient (Wildman–Crippen LogP) is 7.69. The minimum Gasteiger partial charge on any atom is -0.497 e. The van der Waals surface area contributed by atoms with Gasteiger partial charge in [-0.2, -0.15) is 0 Å². The normalized spacial score (nSPS) is 16.6. The molecular weight excluding hydrogens is 590 g/mol. The topological polar surface area (TPSA) is 82.2 Å². The van der Waals surface area contributed by atoms with E-state index < -0.39 is 5.79 Å². The van der Waals surface area contributed by atoms with Crippen LogP contribution in [0.25, 0.3) is 0 Å². The third-order valence-corrected chi connectivity index (χ3v) is 9.33. The first kappa shape index (κ1) is 34.7. The van der Waals surface area contributed by atoms with E-state index in [4.69, 9.17) is 23.9 Å². The molecule has 0 bridgehead atoms. The Bertz CT molecular complexity index is 1430. The van der Waals surface area contributed by atoms with Crippen molar-refractivity contribution in [1.82, 2.24) is 4.98 Å². The van der Waals surface area contributed by atoms with E-state index in [-0.39, 0.29) is 11.2 Å². The first-order valence-corrected chi connectivity index (χ1v) is 17.2. The number of benzene rings is 2. The van der Waals surface area contributed by atoms with E-state index in [1.54, 1.807) is 14.2 Å². The Morgan fingerprint density at radius 3 is 2.02 bits per heavy atom. The molecular formula is C39H53N3O5. The summed E-state index contributed by atoms with van der Waals surface area (Å²) in [6, 6.07) is 16.4. The number of methoxy groups -OCH3 is 2. The highest BCUT2D eigenvalue weighted by molar-refractivity contribution is 5.85. The number of aromatic nitrogens is 1. The van der Waals surface area contributed by atoms with Gasteiger partial charge in [-0.15, -0.1) is 0 Å². The second-order valence-electron chi connectivity index (χ2n) is 13.9. The third kappa shape index (κ3) is 9.05. The predicted molar refractivity (Wildman–Crippen MR) is 188 cm³/mol. The molecule has 8 heteroatoms. The monoisotopic (exact) mass is 643 g/mol. The van der Waals surface area contributed by atoms with Crippen LogP contribution < -0.4 is 19.7 Å². The third-order valence-electron chi connectivity index (χ3n) is 9.33. The Morgan fingerprint density at radius 1 is 0.894 bits per heavy atom. The summed E-state index contributed by atoms with van der Waals surface area (Å²) in [5.74, 6) is 2.20. The largest absolute Gasteiger partial charge is 0.497 e. The van der Waals surface area contributed by atoms with Crippen molar-refractivity contribution in [2.45, 2.75) is 97.9 Å². The number of ether oxygens (including phenoxy) is 4. The van der Waals surface area contributed by atoms with E-state index >= 15 is 0 Å². The second-order valence-corrected chi connectivity index (χ2v) is 13.9. The molecule has 1 N–H and O–H groups in total. The number of hydrogen-bond donors (Lipinski definition) is 1. The van der Waals surface area contributed by atoms with E-state index in [1.165, 1.54) is 5.56 Å². The molecule has 2 heterocycles. The molecule has 5 rings (SSSR count). The lowest BCUT2D eigenvalue weighted by Crippen LogP contribution is -2.48. The number of ketones is 1. The summed E-state index contributed by atoms with van der Waals surface area (Å²) in [6.45, 7) is 11.4. The first-order valence-electron chi connectivity index (χ1n) is 17.2. The molecule has 0 unspecified atom stereocenters. The summed E-state index contributed by atoms with van der Waals surface area (Å²) in [4.78, 5) is 21.4. The zero-order valence-electron chi connectivity index (χ0n) is 29.2. The molecule has 0 amide bonds. The number of fused-ring (bicyclic) bond motifs is 1. The molecule has 8 nitrogen and oxygen atoms in total. The van der Waals surface area contributed by atoms with Gasteiger partial charge in [0.1, 0.15) is 23.1 Å². The van der Waals surface area contributed by atoms with Crippen molar-refractivity contribution in [3.63, 3.8) is 0 Å². The van der Waals surface area contributed by atoms with Crippen LogP contribution in [0.2, 0.25) is 0 Å². The van der Waals surface area contributed by atoms with E-state index in [9.17, 15) is 4.79 Å². The lowest BCUT2D eigenvalue weighted by Gasteiger charge is -2.42. The quantitative estimate of drug-likeness (QED) is 0.181. The molecule has 1 fully saturated rings. The smallest absolute Gasteiger partial charge is 0.162 e. The summed E-state index contributed by atoms with van der Waals surface area (Å²) < 4.78 is 23.1. The Balaban J connectivity index is 1.59. The second kappa shape index (κ2) is 15.5. The number of anilines is 2. The molecule has 1 aromatic heterocycles. The van der Waals surface area contributed by atoms with Crippen LogP contribution in [0.3, 0.4) is 0 Å². The van der Waals surface area contributed by atoms with Gasteiger partial charge in [0.2, 0.25) is 0 Å². The summed E-state index contributed by atoms with van der Waals surface area (Å²) in [5, 5.41) is 3.88. The zero-order chi connectivity index (χ0) is 33.4. The van der Waals surface area contributed by atoms with Crippen molar-refractivity contribution in [3.05, 3.63) is 76.5 Å². The first-order chi connectivity index (χ1) is 22.6. The van der Waals surface area contributed by atoms with Gasteiger partial charge in [0, 0.05) is 54.8 Å².